The van der Waals surface area contributed by atoms with Gasteiger partial charge in [-0.1, -0.05) is 20.8 Å². The molecule has 1 heterocycles. The van der Waals surface area contributed by atoms with Crippen LogP contribution in [0.2, 0.25) is 0 Å². The molecule has 2 rings (SSSR count). The maximum Gasteiger partial charge on any atom is 0.119 e. The Hall–Kier alpha value is -1.26. The van der Waals surface area contributed by atoms with Crippen LogP contribution in [0.1, 0.15) is 27.2 Å². The summed E-state index contributed by atoms with van der Waals surface area (Å²) in [6.45, 7) is 11.2. The second-order valence-electron chi connectivity index (χ2n) is 7.01. The monoisotopic (exact) mass is 306 g/mol. The molecular weight excluding hydrogens is 276 g/mol. The minimum absolute atomic E-state index is 0.604. The Bertz CT molecular complexity index is 445. The van der Waals surface area contributed by atoms with E-state index in [1.54, 1.807) is 7.05 Å². The van der Waals surface area contributed by atoms with Crippen LogP contribution in [0.5, 0.6) is 5.75 Å². The van der Waals surface area contributed by atoms with Gasteiger partial charge in [0.25, 0.3) is 0 Å². The fourth-order valence-electron chi connectivity index (χ4n) is 2.94. The number of benzene rings is 1. The van der Waals surface area contributed by atoms with Crippen molar-refractivity contribution < 1.29 is 9.94 Å². The summed E-state index contributed by atoms with van der Waals surface area (Å²) in [5.74, 6) is 2.94. The SMILES string of the molecule is CC(C)CCN1CC(C)C(COc2ccc(N(C)O)cc2)C1. The first-order valence-corrected chi connectivity index (χ1v) is 8.33. The topological polar surface area (TPSA) is 35.9 Å². The average molecular weight is 306 g/mol. The van der Waals surface area contributed by atoms with E-state index in [-0.39, 0.29) is 0 Å². The first-order valence-electron chi connectivity index (χ1n) is 8.33. The van der Waals surface area contributed by atoms with Crippen LogP contribution in [0.4, 0.5) is 5.69 Å². The number of nitrogens with zero attached hydrogens (tertiary/aromatic N) is 2. The Morgan fingerprint density at radius 3 is 2.55 bits per heavy atom. The lowest BCUT2D eigenvalue weighted by atomic mass is 9.99. The molecule has 1 aliphatic heterocycles. The summed E-state index contributed by atoms with van der Waals surface area (Å²) < 4.78 is 5.94. The largest absolute Gasteiger partial charge is 0.493 e. The smallest absolute Gasteiger partial charge is 0.119 e. The average Bonchev–Trinajstić information content (AvgIpc) is 2.83. The van der Waals surface area contributed by atoms with E-state index in [1.165, 1.54) is 19.5 Å². The molecule has 2 unspecified atom stereocenters. The van der Waals surface area contributed by atoms with E-state index in [1.807, 2.05) is 24.3 Å². The molecule has 22 heavy (non-hydrogen) atoms. The quantitative estimate of drug-likeness (QED) is 0.782. The van der Waals surface area contributed by atoms with Crippen molar-refractivity contribution in [3.05, 3.63) is 24.3 Å². The minimum atomic E-state index is 0.604. The molecule has 1 N–H and O–H groups in total. The van der Waals surface area contributed by atoms with Crippen molar-refractivity contribution in [1.29, 1.82) is 0 Å². The second kappa shape index (κ2) is 7.84. The van der Waals surface area contributed by atoms with Crippen LogP contribution in [0.25, 0.3) is 0 Å². The molecule has 1 aliphatic rings. The van der Waals surface area contributed by atoms with Crippen LogP contribution in [0.15, 0.2) is 24.3 Å². The number of anilines is 1. The van der Waals surface area contributed by atoms with Crippen LogP contribution in [-0.2, 0) is 0 Å². The minimum Gasteiger partial charge on any atom is -0.493 e. The van der Waals surface area contributed by atoms with Crippen molar-refractivity contribution >= 4 is 5.69 Å². The summed E-state index contributed by atoms with van der Waals surface area (Å²) in [7, 11) is 1.61. The Morgan fingerprint density at radius 1 is 1.27 bits per heavy atom. The van der Waals surface area contributed by atoms with Gasteiger partial charge in [-0.15, -0.1) is 0 Å². The van der Waals surface area contributed by atoms with Crippen molar-refractivity contribution in [2.75, 3.05) is 38.4 Å². The molecule has 0 radical (unpaired) electrons. The van der Waals surface area contributed by atoms with E-state index in [2.05, 4.69) is 25.7 Å². The Kier molecular flexibility index (Phi) is 6.09. The van der Waals surface area contributed by atoms with Crippen LogP contribution in [-0.4, -0.2) is 43.4 Å². The summed E-state index contributed by atoms with van der Waals surface area (Å²) in [6, 6.07) is 7.56. The molecule has 1 aromatic carbocycles. The normalized spacial score (nSPS) is 22.3. The number of ether oxygens (including phenoxy) is 1. The molecule has 0 spiro atoms. The molecule has 0 bridgehead atoms. The number of hydroxylamine groups is 1. The zero-order valence-electron chi connectivity index (χ0n) is 14.3. The molecular formula is C18H30N2O2. The van der Waals surface area contributed by atoms with E-state index in [4.69, 9.17) is 4.74 Å². The zero-order valence-corrected chi connectivity index (χ0v) is 14.3. The molecule has 0 amide bonds. The fraction of sp³-hybridized carbons (Fsp3) is 0.667. The van der Waals surface area contributed by atoms with Crippen LogP contribution in [0.3, 0.4) is 0 Å². The van der Waals surface area contributed by atoms with E-state index in [0.717, 1.165) is 35.6 Å². The molecule has 1 fully saturated rings. The van der Waals surface area contributed by atoms with Crippen LogP contribution < -0.4 is 9.80 Å². The lowest BCUT2D eigenvalue weighted by Gasteiger charge is -2.17. The van der Waals surface area contributed by atoms with Gasteiger partial charge in [0.05, 0.1) is 12.3 Å². The van der Waals surface area contributed by atoms with E-state index >= 15 is 0 Å². The van der Waals surface area contributed by atoms with Gasteiger partial charge in [0.2, 0.25) is 0 Å². The summed E-state index contributed by atoms with van der Waals surface area (Å²) >= 11 is 0. The highest BCUT2D eigenvalue weighted by Gasteiger charge is 2.29. The van der Waals surface area contributed by atoms with Gasteiger partial charge in [-0.05, 0) is 49.1 Å². The second-order valence-corrected chi connectivity index (χ2v) is 7.01. The third-order valence-electron chi connectivity index (χ3n) is 4.54. The molecule has 1 saturated heterocycles. The molecule has 1 aromatic rings. The molecule has 0 aromatic heterocycles. The van der Waals surface area contributed by atoms with Gasteiger partial charge in [0.1, 0.15) is 5.75 Å². The first kappa shape index (κ1) is 17.1. The number of likely N-dealkylation sites (tertiary alicyclic amines) is 1. The zero-order chi connectivity index (χ0) is 16.1. The summed E-state index contributed by atoms with van der Waals surface area (Å²) in [4.78, 5) is 2.57. The van der Waals surface area contributed by atoms with Crippen molar-refractivity contribution in [3.63, 3.8) is 0 Å². The van der Waals surface area contributed by atoms with Gasteiger partial charge in [0.15, 0.2) is 0 Å². The fourth-order valence-corrected chi connectivity index (χ4v) is 2.94. The van der Waals surface area contributed by atoms with Gasteiger partial charge in [0, 0.05) is 26.1 Å². The van der Waals surface area contributed by atoms with Crippen molar-refractivity contribution in [3.8, 4) is 5.75 Å². The summed E-state index contributed by atoms with van der Waals surface area (Å²) in [6.07, 6.45) is 1.27. The summed E-state index contributed by atoms with van der Waals surface area (Å²) in [5, 5.41) is 10.5. The van der Waals surface area contributed by atoms with Crippen molar-refractivity contribution in [2.45, 2.75) is 27.2 Å². The predicted molar refractivity (Wildman–Crippen MR) is 90.7 cm³/mol. The van der Waals surface area contributed by atoms with Gasteiger partial charge in [-0.2, -0.15) is 0 Å². The molecule has 4 nitrogen and oxygen atoms in total. The Labute approximate surface area is 134 Å². The van der Waals surface area contributed by atoms with E-state index in [0.29, 0.717) is 11.8 Å². The van der Waals surface area contributed by atoms with Crippen LogP contribution in [0, 0.1) is 17.8 Å². The number of hydrogen-bond acceptors (Lipinski definition) is 4. The van der Waals surface area contributed by atoms with Gasteiger partial charge < -0.3 is 9.64 Å². The van der Waals surface area contributed by atoms with E-state index < -0.39 is 0 Å². The lowest BCUT2D eigenvalue weighted by molar-refractivity contribution is 0.223. The van der Waals surface area contributed by atoms with Gasteiger partial charge in [-0.3, -0.25) is 10.3 Å². The Morgan fingerprint density at radius 2 is 1.95 bits per heavy atom. The number of hydrogen-bond donors (Lipinski definition) is 1. The molecule has 0 aliphatic carbocycles. The number of rotatable bonds is 7. The first-order chi connectivity index (χ1) is 10.5. The van der Waals surface area contributed by atoms with Crippen molar-refractivity contribution in [2.24, 2.45) is 17.8 Å². The van der Waals surface area contributed by atoms with Gasteiger partial charge >= 0.3 is 0 Å². The van der Waals surface area contributed by atoms with Crippen LogP contribution >= 0.6 is 0 Å². The predicted octanol–water partition coefficient (Wildman–Crippen LogP) is 3.50. The molecule has 4 heteroatoms. The highest BCUT2D eigenvalue weighted by molar-refractivity contribution is 5.45. The lowest BCUT2D eigenvalue weighted by Crippen LogP contribution is -2.24. The third kappa shape index (κ3) is 4.89. The van der Waals surface area contributed by atoms with Crippen molar-refractivity contribution in [1.82, 2.24) is 4.90 Å². The molecule has 2 atom stereocenters. The van der Waals surface area contributed by atoms with E-state index in [9.17, 15) is 5.21 Å². The Balaban J connectivity index is 1.79. The molecule has 0 saturated carbocycles. The highest BCUT2D eigenvalue weighted by Crippen LogP contribution is 2.25. The standard InChI is InChI=1S/C18H30N2O2/c1-14(2)9-10-20-11-15(3)16(12-20)13-22-18-7-5-17(6-8-18)19(4)21/h5-8,14-16,21H,9-13H2,1-4H3. The molecule has 124 valence electrons. The highest BCUT2D eigenvalue weighted by atomic mass is 16.5. The maximum atomic E-state index is 9.36. The van der Waals surface area contributed by atoms with Gasteiger partial charge in [-0.25, -0.2) is 0 Å². The third-order valence-corrected chi connectivity index (χ3v) is 4.54. The maximum absolute atomic E-state index is 9.36. The summed E-state index contributed by atoms with van der Waals surface area (Å²) in [5.41, 5.74) is 0.765.